The molecule has 2 fully saturated rings. The van der Waals surface area contributed by atoms with Crippen LogP contribution in [0.1, 0.15) is 53.9 Å². The molecule has 0 spiro atoms. The van der Waals surface area contributed by atoms with Crippen molar-refractivity contribution in [2.24, 2.45) is 16.7 Å². The maximum absolute atomic E-state index is 9.80. The summed E-state index contributed by atoms with van der Waals surface area (Å²) in [7, 11) is 0. The molecule has 3 atom stereocenters. The number of nitrogens with one attached hydrogen (secondary N) is 1. The fourth-order valence-corrected chi connectivity index (χ4v) is 3.89. The maximum Gasteiger partial charge on any atom is 0.0715 e. The third-order valence-electron chi connectivity index (χ3n) is 5.58. The fourth-order valence-electron chi connectivity index (χ4n) is 3.89. The van der Waals surface area contributed by atoms with Crippen LogP contribution >= 0.6 is 0 Å². The molecule has 0 heterocycles. The van der Waals surface area contributed by atoms with Crippen molar-refractivity contribution < 1.29 is 5.11 Å². The number of aliphatic hydroxyl groups is 1. The summed E-state index contributed by atoms with van der Waals surface area (Å²) < 4.78 is 0. The molecule has 16 heavy (non-hydrogen) atoms. The minimum absolute atomic E-state index is 0.420. The molecular formula is C14H27NO. The highest BCUT2D eigenvalue weighted by atomic mass is 16.3. The molecule has 0 aliphatic heterocycles. The van der Waals surface area contributed by atoms with Gasteiger partial charge in [-0.3, -0.25) is 0 Å². The van der Waals surface area contributed by atoms with Gasteiger partial charge in [-0.2, -0.15) is 0 Å². The smallest absolute Gasteiger partial charge is 0.0715 e. The molecule has 2 aliphatic carbocycles. The van der Waals surface area contributed by atoms with Gasteiger partial charge in [0.1, 0.15) is 0 Å². The molecule has 94 valence electrons. The molecule has 0 aromatic heterocycles. The summed E-state index contributed by atoms with van der Waals surface area (Å²) in [5.41, 5.74) is 0.287. The Kier molecular flexibility index (Phi) is 2.67. The van der Waals surface area contributed by atoms with Crippen molar-refractivity contribution in [2.75, 3.05) is 6.54 Å². The van der Waals surface area contributed by atoms with E-state index < -0.39 is 5.60 Å². The largest absolute Gasteiger partial charge is 0.389 e. The van der Waals surface area contributed by atoms with E-state index in [4.69, 9.17) is 0 Å². The first kappa shape index (κ1) is 12.4. The Morgan fingerprint density at radius 1 is 1.31 bits per heavy atom. The van der Waals surface area contributed by atoms with Crippen LogP contribution in [0.3, 0.4) is 0 Å². The summed E-state index contributed by atoms with van der Waals surface area (Å²) in [6, 6.07) is 0.590. The van der Waals surface area contributed by atoms with Crippen LogP contribution in [0.5, 0.6) is 0 Å². The molecule has 0 aromatic rings. The Morgan fingerprint density at radius 3 is 2.31 bits per heavy atom. The molecule has 0 radical (unpaired) electrons. The first-order chi connectivity index (χ1) is 7.17. The van der Waals surface area contributed by atoms with Gasteiger partial charge in [-0.05, 0) is 49.9 Å². The van der Waals surface area contributed by atoms with Gasteiger partial charge in [0.25, 0.3) is 0 Å². The zero-order chi connectivity index (χ0) is 12.2. The lowest BCUT2D eigenvalue weighted by molar-refractivity contribution is 0.0597. The highest BCUT2D eigenvalue weighted by molar-refractivity contribution is 5.13. The molecule has 0 saturated heterocycles. The molecule has 2 saturated carbocycles. The van der Waals surface area contributed by atoms with Gasteiger partial charge >= 0.3 is 0 Å². The van der Waals surface area contributed by atoms with Crippen LogP contribution in [-0.4, -0.2) is 23.3 Å². The van der Waals surface area contributed by atoms with Crippen molar-refractivity contribution in [2.45, 2.75) is 65.5 Å². The van der Waals surface area contributed by atoms with Crippen molar-refractivity contribution in [1.82, 2.24) is 5.32 Å². The summed E-state index contributed by atoms with van der Waals surface area (Å²) in [6.45, 7) is 11.7. The fraction of sp³-hybridized carbons (Fsp3) is 1.00. The van der Waals surface area contributed by atoms with Gasteiger partial charge in [0.05, 0.1) is 5.60 Å². The molecule has 2 nitrogen and oxygen atoms in total. The van der Waals surface area contributed by atoms with Crippen LogP contribution in [0, 0.1) is 16.7 Å². The average Bonchev–Trinajstić information content (AvgIpc) is 2.45. The molecule has 2 aliphatic rings. The van der Waals surface area contributed by atoms with Gasteiger partial charge in [-0.1, -0.05) is 20.8 Å². The lowest BCUT2D eigenvalue weighted by Crippen LogP contribution is -2.48. The van der Waals surface area contributed by atoms with Gasteiger partial charge in [0, 0.05) is 12.6 Å². The van der Waals surface area contributed by atoms with E-state index in [1.165, 1.54) is 19.3 Å². The lowest BCUT2D eigenvalue weighted by Gasteiger charge is -2.40. The highest BCUT2D eigenvalue weighted by Gasteiger charge is 2.61. The molecule has 2 rings (SSSR count). The van der Waals surface area contributed by atoms with E-state index in [1.807, 2.05) is 13.8 Å². The lowest BCUT2D eigenvalue weighted by atomic mass is 9.69. The van der Waals surface area contributed by atoms with Crippen molar-refractivity contribution >= 4 is 0 Å². The quantitative estimate of drug-likeness (QED) is 0.773. The summed E-state index contributed by atoms with van der Waals surface area (Å²) in [5.74, 6) is 0.872. The Balaban J connectivity index is 2.05. The monoisotopic (exact) mass is 225 g/mol. The minimum atomic E-state index is -0.595. The average molecular weight is 225 g/mol. The molecular weight excluding hydrogens is 198 g/mol. The summed E-state index contributed by atoms with van der Waals surface area (Å²) >= 11 is 0. The second-order valence-corrected chi connectivity index (χ2v) is 7.36. The predicted octanol–water partition coefficient (Wildman–Crippen LogP) is 2.56. The van der Waals surface area contributed by atoms with E-state index in [9.17, 15) is 5.11 Å². The first-order valence-corrected chi connectivity index (χ1v) is 6.63. The molecule has 1 unspecified atom stereocenters. The van der Waals surface area contributed by atoms with E-state index in [-0.39, 0.29) is 0 Å². The molecule has 2 bridgehead atoms. The van der Waals surface area contributed by atoms with Gasteiger partial charge in [-0.15, -0.1) is 0 Å². The minimum Gasteiger partial charge on any atom is -0.389 e. The highest BCUT2D eigenvalue weighted by Crippen LogP contribution is 2.65. The van der Waals surface area contributed by atoms with E-state index >= 15 is 0 Å². The summed E-state index contributed by atoms with van der Waals surface area (Å²) in [4.78, 5) is 0. The Bertz CT molecular complexity index is 279. The van der Waals surface area contributed by atoms with Crippen LogP contribution in [0.4, 0.5) is 0 Å². The SMILES string of the molecule is CC(C)(O)CNC1C[C@@H]2CC[C@@]1(C)C2(C)C. The third kappa shape index (κ3) is 1.70. The zero-order valence-corrected chi connectivity index (χ0v) is 11.4. The van der Waals surface area contributed by atoms with E-state index in [0.29, 0.717) is 23.4 Å². The van der Waals surface area contributed by atoms with E-state index in [1.54, 1.807) is 0 Å². The molecule has 0 aromatic carbocycles. The van der Waals surface area contributed by atoms with Crippen molar-refractivity contribution in [1.29, 1.82) is 0 Å². The first-order valence-electron chi connectivity index (χ1n) is 6.63. The van der Waals surface area contributed by atoms with Crippen LogP contribution in [0.25, 0.3) is 0 Å². The normalized spacial score (nSPS) is 41.6. The standard InChI is InChI=1S/C14H27NO/c1-12(2,16)9-15-11-8-10-6-7-14(11,5)13(10,3)4/h10-11,15-16H,6-9H2,1-5H3/t10-,11?,14+/m0/s1. The summed E-state index contributed by atoms with van der Waals surface area (Å²) in [5, 5.41) is 13.4. The Morgan fingerprint density at radius 2 is 1.94 bits per heavy atom. The summed E-state index contributed by atoms with van der Waals surface area (Å²) in [6.07, 6.45) is 4.03. The molecule has 2 heteroatoms. The Hall–Kier alpha value is -0.0800. The van der Waals surface area contributed by atoms with Crippen LogP contribution in [-0.2, 0) is 0 Å². The number of rotatable bonds is 3. The van der Waals surface area contributed by atoms with Gasteiger partial charge in [-0.25, -0.2) is 0 Å². The maximum atomic E-state index is 9.80. The predicted molar refractivity (Wildman–Crippen MR) is 67.3 cm³/mol. The second-order valence-electron chi connectivity index (χ2n) is 7.36. The topological polar surface area (TPSA) is 32.3 Å². The van der Waals surface area contributed by atoms with Gasteiger partial charge < -0.3 is 10.4 Å². The third-order valence-corrected chi connectivity index (χ3v) is 5.58. The van der Waals surface area contributed by atoms with Gasteiger partial charge in [0.2, 0.25) is 0 Å². The number of fused-ring (bicyclic) bond motifs is 2. The van der Waals surface area contributed by atoms with E-state index in [0.717, 1.165) is 5.92 Å². The van der Waals surface area contributed by atoms with Gasteiger partial charge in [0.15, 0.2) is 0 Å². The molecule has 0 amide bonds. The number of hydrogen-bond donors (Lipinski definition) is 2. The number of hydrogen-bond acceptors (Lipinski definition) is 2. The van der Waals surface area contributed by atoms with Crippen LogP contribution in [0.15, 0.2) is 0 Å². The molecule has 2 N–H and O–H groups in total. The zero-order valence-electron chi connectivity index (χ0n) is 11.4. The van der Waals surface area contributed by atoms with Crippen molar-refractivity contribution in [3.8, 4) is 0 Å². The van der Waals surface area contributed by atoms with Crippen molar-refractivity contribution in [3.63, 3.8) is 0 Å². The van der Waals surface area contributed by atoms with Crippen LogP contribution in [0.2, 0.25) is 0 Å². The van der Waals surface area contributed by atoms with Crippen molar-refractivity contribution in [3.05, 3.63) is 0 Å². The van der Waals surface area contributed by atoms with Crippen LogP contribution < -0.4 is 5.32 Å². The van der Waals surface area contributed by atoms with E-state index in [2.05, 4.69) is 26.1 Å². The Labute approximate surface area is 99.8 Å². The second kappa shape index (κ2) is 3.46.